The van der Waals surface area contributed by atoms with Gasteiger partial charge in [-0.25, -0.2) is 8.42 Å². The van der Waals surface area contributed by atoms with Crippen molar-refractivity contribution in [2.24, 2.45) is 5.41 Å². The average molecular weight is 425 g/mol. The van der Waals surface area contributed by atoms with E-state index in [1.165, 1.54) is 30.2 Å². The lowest BCUT2D eigenvalue weighted by Gasteiger charge is -2.24. The number of benzene rings is 2. The summed E-state index contributed by atoms with van der Waals surface area (Å²) in [6.07, 6.45) is 0. The van der Waals surface area contributed by atoms with Crippen molar-refractivity contribution in [1.82, 2.24) is 0 Å². The molecule has 1 heterocycles. The van der Waals surface area contributed by atoms with E-state index < -0.39 is 15.4 Å². The molecule has 0 aromatic heterocycles. The Morgan fingerprint density at radius 1 is 1.21 bits per heavy atom. The van der Waals surface area contributed by atoms with E-state index in [-0.39, 0.29) is 28.1 Å². The first-order valence-corrected chi connectivity index (χ1v) is 10.3. The molecule has 0 saturated carbocycles. The number of hydrogen-bond donors (Lipinski definition) is 1. The number of anilines is 2. The molecular formula is C19H21ClN2O5S. The third kappa shape index (κ3) is 3.74. The first-order chi connectivity index (χ1) is 13.0. The van der Waals surface area contributed by atoms with E-state index in [4.69, 9.17) is 21.1 Å². The molecule has 0 saturated heterocycles. The molecule has 28 heavy (non-hydrogen) atoms. The molecule has 1 amide bonds. The zero-order valence-corrected chi connectivity index (χ0v) is 17.5. The second-order valence-corrected chi connectivity index (χ2v) is 9.18. The van der Waals surface area contributed by atoms with E-state index >= 15 is 0 Å². The van der Waals surface area contributed by atoms with Crippen LogP contribution in [0, 0.1) is 5.41 Å². The highest BCUT2D eigenvalue weighted by Crippen LogP contribution is 2.38. The fourth-order valence-electron chi connectivity index (χ4n) is 2.88. The van der Waals surface area contributed by atoms with Crippen molar-refractivity contribution in [3.8, 4) is 11.5 Å². The van der Waals surface area contributed by atoms with Gasteiger partial charge in [0.05, 0.1) is 28.9 Å². The number of amides is 1. The maximum atomic E-state index is 12.8. The minimum Gasteiger partial charge on any atom is -0.497 e. The van der Waals surface area contributed by atoms with Crippen LogP contribution in [-0.2, 0) is 14.8 Å². The van der Waals surface area contributed by atoms with Crippen molar-refractivity contribution in [2.75, 3.05) is 30.4 Å². The second kappa shape index (κ2) is 7.18. The zero-order chi connectivity index (χ0) is 20.7. The summed E-state index contributed by atoms with van der Waals surface area (Å²) in [7, 11) is -0.838. The molecule has 0 radical (unpaired) electrons. The van der Waals surface area contributed by atoms with Crippen LogP contribution in [0.5, 0.6) is 11.5 Å². The first-order valence-electron chi connectivity index (χ1n) is 8.46. The molecular weight excluding hydrogens is 404 g/mol. The summed E-state index contributed by atoms with van der Waals surface area (Å²) in [6.45, 7) is 3.83. The Hall–Kier alpha value is -2.45. The van der Waals surface area contributed by atoms with Crippen molar-refractivity contribution in [2.45, 2.75) is 18.7 Å². The molecule has 0 spiro atoms. The lowest BCUT2D eigenvalue weighted by atomic mass is 9.93. The van der Waals surface area contributed by atoms with Crippen molar-refractivity contribution in [3.05, 3.63) is 41.4 Å². The van der Waals surface area contributed by atoms with Crippen LogP contribution in [0.15, 0.2) is 41.3 Å². The summed E-state index contributed by atoms with van der Waals surface area (Å²) in [4.78, 5) is 14.0. The SMILES string of the molecule is COc1ccc(S(=O)(=O)Nc2ccc3c(c2)N(C)C(=O)C(C)(C)CO3)c(Cl)c1. The quantitative estimate of drug-likeness (QED) is 0.811. The van der Waals surface area contributed by atoms with Crippen LogP contribution in [0.25, 0.3) is 0 Å². The molecule has 0 bridgehead atoms. The topological polar surface area (TPSA) is 84.9 Å². The van der Waals surface area contributed by atoms with E-state index in [2.05, 4.69) is 4.72 Å². The fraction of sp³-hybridized carbons (Fsp3) is 0.316. The Labute approximate surface area is 169 Å². The Morgan fingerprint density at radius 2 is 1.93 bits per heavy atom. The zero-order valence-electron chi connectivity index (χ0n) is 15.9. The van der Waals surface area contributed by atoms with E-state index in [9.17, 15) is 13.2 Å². The third-order valence-electron chi connectivity index (χ3n) is 4.47. The first kappa shape index (κ1) is 20.3. The summed E-state index contributed by atoms with van der Waals surface area (Å²) in [5.41, 5.74) is 0.0783. The molecule has 2 aromatic carbocycles. The van der Waals surface area contributed by atoms with E-state index in [1.807, 2.05) is 0 Å². The van der Waals surface area contributed by atoms with Gasteiger partial charge in [-0.3, -0.25) is 9.52 Å². The summed E-state index contributed by atoms with van der Waals surface area (Å²) in [5, 5.41) is 0.0407. The number of fused-ring (bicyclic) bond motifs is 1. The minimum absolute atomic E-state index is 0.0407. The standard InChI is InChI=1S/C19H21ClN2O5S/c1-19(2)11-27-16-7-5-12(9-15(16)22(3)18(19)23)21-28(24,25)17-8-6-13(26-4)10-14(17)20/h5-10,21H,11H2,1-4H3. The van der Waals surface area contributed by atoms with Crippen LogP contribution in [-0.4, -0.2) is 35.1 Å². The molecule has 7 nitrogen and oxygen atoms in total. The summed E-state index contributed by atoms with van der Waals surface area (Å²) < 4.78 is 38.8. The van der Waals surface area contributed by atoms with Crippen LogP contribution >= 0.6 is 11.6 Å². The maximum absolute atomic E-state index is 12.8. The molecule has 1 aliphatic rings. The van der Waals surface area contributed by atoms with Gasteiger partial charge in [0.25, 0.3) is 10.0 Å². The normalized spacial score (nSPS) is 16.0. The predicted octanol–water partition coefficient (Wildman–Crippen LogP) is 3.53. The van der Waals surface area contributed by atoms with Gasteiger partial charge in [-0.05, 0) is 44.2 Å². The highest BCUT2D eigenvalue weighted by Gasteiger charge is 2.36. The van der Waals surface area contributed by atoms with Crippen LogP contribution in [0.3, 0.4) is 0 Å². The number of sulfonamides is 1. The molecule has 0 fully saturated rings. The number of rotatable bonds is 4. The number of ether oxygens (including phenoxy) is 2. The number of nitrogens with one attached hydrogen (secondary N) is 1. The van der Waals surface area contributed by atoms with Crippen molar-refractivity contribution >= 4 is 38.9 Å². The third-order valence-corrected chi connectivity index (χ3v) is 6.34. The van der Waals surface area contributed by atoms with Gasteiger partial charge >= 0.3 is 0 Å². The highest BCUT2D eigenvalue weighted by atomic mass is 35.5. The number of methoxy groups -OCH3 is 1. The Balaban J connectivity index is 1.95. The number of carbonyl (C=O) groups excluding carboxylic acids is 1. The van der Waals surface area contributed by atoms with Crippen LogP contribution in [0.1, 0.15) is 13.8 Å². The van der Waals surface area contributed by atoms with Gasteiger partial charge < -0.3 is 14.4 Å². The predicted molar refractivity (Wildman–Crippen MR) is 108 cm³/mol. The number of nitrogens with zero attached hydrogens (tertiary/aromatic N) is 1. The molecule has 0 aliphatic carbocycles. The Kier molecular flexibility index (Phi) is 5.20. The molecule has 1 aliphatic heterocycles. The molecule has 0 atom stereocenters. The number of carbonyl (C=O) groups is 1. The molecule has 3 rings (SSSR count). The minimum atomic E-state index is -3.94. The lowest BCUT2D eigenvalue weighted by Crippen LogP contribution is -2.39. The second-order valence-electron chi connectivity index (χ2n) is 7.12. The van der Waals surface area contributed by atoms with Crippen LogP contribution in [0.2, 0.25) is 5.02 Å². The van der Waals surface area contributed by atoms with Crippen LogP contribution < -0.4 is 19.1 Å². The van der Waals surface area contributed by atoms with E-state index in [0.717, 1.165) is 0 Å². The highest BCUT2D eigenvalue weighted by molar-refractivity contribution is 7.92. The van der Waals surface area contributed by atoms with Gasteiger partial charge in [0.15, 0.2) is 0 Å². The molecule has 150 valence electrons. The Bertz CT molecular complexity index is 1040. The monoisotopic (exact) mass is 424 g/mol. The summed E-state index contributed by atoms with van der Waals surface area (Å²) in [6, 6.07) is 9.08. The average Bonchev–Trinajstić information content (AvgIpc) is 2.72. The maximum Gasteiger partial charge on any atom is 0.263 e. The fourth-order valence-corrected chi connectivity index (χ4v) is 4.47. The largest absolute Gasteiger partial charge is 0.497 e. The summed E-state index contributed by atoms with van der Waals surface area (Å²) in [5.74, 6) is 0.838. The van der Waals surface area contributed by atoms with Crippen LogP contribution in [0.4, 0.5) is 11.4 Å². The smallest absolute Gasteiger partial charge is 0.263 e. The van der Waals surface area contributed by atoms with E-state index in [1.54, 1.807) is 39.1 Å². The summed E-state index contributed by atoms with van der Waals surface area (Å²) >= 11 is 6.10. The van der Waals surface area contributed by atoms with Gasteiger partial charge in [-0.15, -0.1) is 0 Å². The molecule has 1 N–H and O–H groups in total. The van der Waals surface area contributed by atoms with Gasteiger partial charge in [-0.1, -0.05) is 11.6 Å². The van der Waals surface area contributed by atoms with Crippen molar-refractivity contribution in [1.29, 1.82) is 0 Å². The van der Waals surface area contributed by atoms with Crippen molar-refractivity contribution in [3.63, 3.8) is 0 Å². The van der Waals surface area contributed by atoms with Gasteiger partial charge in [0.1, 0.15) is 23.0 Å². The van der Waals surface area contributed by atoms with Gasteiger partial charge in [0, 0.05) is 13.1 Å². The number of halogens is 1. The van der Waals surface area contributed by atoms with Gasteiger partial charge in [0.2, 0.25) is 5.91 Å². The van der Waals surface area contributed by atoms with E-state index in [0.29, 0.717) is 17.2 Å². The number of hydrogen-bond acceptors (Lipinski definition) is 5. The molecule has 2 aromatic rings. The molecule has 0 unspecified atom stereocenters. The molecule has 9 heteroatoms. The van der Waals surface area contributed by atoms with Crippen molar-refractivity contribution < 1.29 is 22.7 Å². The Morgan fingerprint density at radius 3 is 2.57 bits per heavy atom. The van der Waals surface area contributed by atoms with Gasteiger partial charge in [-0.2, -0.15) is 0 Å². The lowest BCUT2D eigenvalue weighted by molar-refractivity contribution is -0.127.